The second kappa shape index (κ2) is 10.6. The number of hydrogen-bond acceptors (Lipinski definition) is 6. The average Bonchev–Trinajstić information content (AvgIpc) is 2.77. The van der Waals surface area contributed by atoms with E-state index in [4.69, 9.17) is 5.73 Å². The summed E-state index contributed by atoms with van der Waals surface area (Å²) < 4.78 is 19.1. The summed E-state index contributed by atoms with van der Waals surface area (Å²) in [6.45, 7) is 5.51. The van der Waals surface area contributed by atoms with E-state index in [1.54, 1.807) is 25.4 Å². The minimum Gasteiger partial charge on any atom is -0.465 e. The topological polar surface area (TPSA) is 89.6 Å². The predicted octanol–water partition coefficient (Wildman–Crippen LogP) is 3.66. The molecule has 0 atom stereocenters. The summed E-state index contributed by atoms with van der Waals surface area (Å²) in [5.41, 5.74) is 8.40. The number of aliphatic imine (C=N–C) groups is 1. The SMILES string of the molecule is C=CN=C(/C(C#Cc1ccc(NC)nc1)=C(\N)CC)c1ccc(C(=O)OC)c(F)c1. The van der Waals surface area contributed by atoms with Gasteiger partial charge in [0.15, 0.2) is 0 Å². The summed E-state index contributed by atoms with van der Waals surface area (Å²) in [6, 6.07) is 7.72. The average molecular weight is 406 g/mol. The van der Waals surface area contributed by atoms with Crippen LogP contribution in [0, 0.1) is 17.7 Å². The highest BCUT2D eigenvalue weighted by molar-refractivity contribution is 6.16. The minimum atomic E-state index is -0.762. The van der Waals surface area contributed by atoms with Crippen LogP contribution in [-0.2, 0) is 4.74 Å². The van der Waals surface area contributed by atoms with E-state index in [-0.39, 0.29) is 5.56 Å². The zero-order valence-electron chi connectivity index (χ0n) is 17.1. The first kappa shape index (κ1) is 22.4. The second-order valence-electron chi connectivity index (χ2n) is 6.03. The van der Waals surface area contributed by atoms with Crippen molar-refractivity contribution in [3.63, 3.8) is 0 Å². The monoisotopic (exact) mass is 406 g/mol. The normalized spacial score (nSPS) is 11.7. The number of pyridine rings is 1. The van der Waals surface area contributed by atoms with Crippen molar-refractivity contribution in [2.75, 3.05) is 19.5 Å². The summed E-state index contributed by atoms with van der Waals surface area (Å²) in [7, 11) is 2.97. The molecule has 1 aromatic carbocycles. The molecule has 0 aliphatic heterocycles. The number of carbonyl (C=O) groups excluding carboxylic acids is 1. The smallest absolute Gasteiger partial charge is 0.340 e. The third kappa shape index (κ3) is 5.32. The minimum absolute atomic E-state index is 0.171. The van der Waals surface area contributed by atoms with E-state index < -0.39 is 11.8 Å². The highest BCUT2D eigenvalue weighted by Gasteiger charge is 2.17. The van der Waals surface area contributed by atoms with Gasteiger partial charge >= 0.3 is 5.97 Å². The van der Waals surface area contributed by atoms with Gasteiger partial charge in [0.25, 0.3) is 0 Å². The maximum absolute atomic E-state index is 14.5. The number of benzene rings is 1. The number of allylic oxidation sites excluding steroid dienone is 2. The van der Waals surface area contributed by atoms with E-state index in [0.717, 1.165) is 5.82 Å². The van der Waals surface area contributed by atoms with Crippen LogP contribution in [0.3, 0.4) is 0 Å². The quantitative estimate of drug-likeness (QED) is 0.434. The zero-order chi connectivity index (χ0) is 22.1. The molecule has 2 rings (SSSR count). The Hall–Kier alpha value is -3.92. The first-order chi connectivity index (χ1) is 14.4. The summed E-state index contributed by atoms with van der Waals surface area (Å²) in [5.74, 6) is 5.27. The van der Waals surface area contributed by atoms with Crippen LogP contribution in [0.25, 0.3) is 0 Å². The summed E-state index contributed by atoms with van der Waals surface area (Å²) >= 11 is 0. The Morgan fingerprint density at radius 2 is 2.17 bits per heavy atom. The highest BCUT2D eigenvalue weighted by atomic mass is 19.1. The van der Waals surface area contributed by atoms with E-state index in [2.05, 4.69) is 38.4 Å². The van der Waals surface area contributed by atoms with Crippen LogP contribution in [0.4, 0.5) is 10.2 Å². The number of aromatic nitrogens is 1. The van der Waals surface area contributed by atoms with Crippen molar-refractivity contribution < 1.29 is 13.9 Å². The molecule has 7 heteroatoms. The Kier molecular flexibility index (Phi) is 7.89. The molecule has 0 aliphatic rings. The number of ether oxygens (including phenoxy) is 1. The van der Waals surface area contributed by atoms with Gasteiger partial charge in [-0.25, -0.2) is 14.2 Å². The van der Waals surface area contributed by atoms with Gasteiger partial charge in [-0.15, -0.1) is 0 Å². The maximum atomic E-state index is 14.5. The Bertz CT molecular complexity index is 1060. The van der Waals surface area contributed by atoms with Gasteiger partial charge < -0.3 is 15.8 Å². The molecule has 0 aliphatic carbocycles. The molecule has 154 valence electrons. The van der Waals surface area contributed by atoms with Crippen molar-refractivity contribution in [1.29, 1.82) is 0 Å². The van der Waals surface area contributed by atoms with Crippen LogP contribution in [-0.4, -0.2) is 30.8 Å². The fraction of sp³-hybridized carbons (Fsp3) is 0.174. The van der Waals surface area contributed by atoms with Gasteiger partial charge in [0.1, 0.15) is 11.6 Å². The number of nitrogens with one attached hydrogen (secondary N) is 1. The fourth-order valence-electron chi connectivity index (χ4n) is 2.53. The number of halogens is 1. The molecule has 6 nitrogen and oxygen atoms in total. The molecule has 0 radical (unpaired) electrons. The van der Waals surface area contributed by atoms with Crippen molar-refractivity contribution in [3.05, 3.63) is 83.1 Å². The zero-order valence-corrected chi connectivity index (χ0v) is 17.1. The molecule has 0 bridgehead atoms. The third-order valence-electron chi connectivity index (χ3n) is 4.16. The molecule has 0 saturated heterocycles. The number of carbonyl (C=O) groups is 1. The van der Waals surface area contributed by atoms with Crippen LogP contribution in [0.2, 0.25) is 0 Å². The molecule has 0 saturated carbocycles. The van der Waals surface area contributed by atoms with Gasteiger partial charge in [-0.1, -0.05) is 31.4 Å². The number of rotatable bonds is 6. The lowest BCUT2D eigenvalue weighted by molar-refractivity contribution is 0.0595. The number of anilines is 1. The fourth-order valence-corrected chi connectivity index (χ4v) is 2.53. The van der Waals surface area contributed by atoms with Crippen molar-refractivity contribution in [2.45, 2.75) is 13.3 Å². The Balaban J connectivity index is 2.54. The van der Waals surface area contributed by atoms with Crippen LogP contribution >= 0.6 is 0 Å². The molecule has 30 heavy (non-hydrogen) atoms. The van der Waals surface area contributed by atoms with Gasteiger partial charge in [0, 0.05) is 36.3 Å². The van der Waals surface area contributed by atoms with E-state index in [1.807, 2.05) is 13.0 Å². The first-order valence-electron chi connectivity index (χ1n) is 9.16. The highest BCUT2D eigenvalue weighted by Crippen LogP contribution is 2.18. The summed E-state index contributed by atoms with van der Waals surface area (Å²) in [5, 5.41) is 2.94. The molecule has 0 unspecified atom stereocenters. The molecule has 2 aromatic rings. The van der Waals surface area contributed by atoms with Crippen LogP contribution in [0.15, 0.2) is 65.6 Å². The van der Waals surface area contributed by atoms with Crippen LogP contribution in [0.5, 0.6) is 0 Å². The lowest BCUT2D eigenvalue weighted by Gasteiger charge is -2.10. The Morgan fingerprint density at radius 1 is 1.40 bits per heavy atom. The van der Waals surface area contributed by atoms with Gasteiger partial charge in [0.05, 0.1) is 24.0 Å². The number of hydrogen-bond donors (Lipinski definition) is 2. The van der Waals surface area contributed by atoms with Gasteiger partial charge in [-0.2, -0.15) is 0 Å². The van der Waals surface area contributed by atoms with Gasteiger partial charge in [-0.05, 0) is 30.7 Å². The molecule has 0 fully saturated rings. The summed E-state index contributed by atoms with van der Waals surface area (Å²) in [4.78, 5) is 20.2. The van der Waals surface area contributed by atoms with E-state index >= 15 is 0 Å². The largest absolute Gasteiger partial charge is 0.465 e. The second-order valence-corrected chi connectivity index (χ2v) is 6.03. The lowest BCUT2D eigenvalue weighted by atomic mass is 9.98. The number of nitrogens with two attached hydrogens (primary N) is 1. The van der Waals surface area contributed by atoms with Crippen molar-refractivity contribution in [1.82, 2.24) is 4.98 Å². The van der Waals surface area contributed by atoms with Crippen molar-refractivity contribution in [2.24, 2.45) is 10.7 Å². The molecule has 1 heterocycles. The van der Waals surface area contributed by atoms with E-state index in [9.17, 15) is 9.18 Å². The maximum Gasteiger partial charge on any atom is 0.340 e. The lowest BCUT2D eigenvalue weighted by Crippen LogP contribution is -2.13. The first-order valence-corrected chi connectivity index (χ1v) is 9.16. The molecule has 1 aromatic heterocycles. The van der Waals surface area contributed by atoms with Crippen molar-refractivity contribution in [3.8, 4) is 11.8 Å². The summed E-state index contributed by atoms with van der Waals surface area (Å²) in [6.07, 6.45) is 3.48. The van der Waals surface area contributed by atoms with Crippen molar-refractivity contribution >= 4 is 17.5 Å². The van der Waals surface area contributed by atoms with Crippen LogP contribution < -0.4 is 11.1 Å². The third-order valence-corrected chi connectivity index (χ3v) is 4.16. The predicted molar refractivity (Wildman–Crippen MR) is 117 cm³/mol. The number of methoxy groups -OCH3 is 1. The molecule has 3 N–H and O–H groups in total. The van der Waals surface area contributed by atoms with E-state index in [0.29, 0.717) is 34.5 Å². The van der Waals surface area contributed by atoms with E-state index in [1.165, 1.54) is 25.4 Å². The van der Waals surface area contributed by atoms with Crippen LogP contribution in [0.1, 0.15) is 34.8 Å². The number of esters is 1. The molecular weight excluding hydrogens is 383 g/mol. The number of nitrogens with zero attached hydrogens (tertiary/aromatic N) is 2. The molecule has 0 spiro atoms. The van der Waals surface area contributed by atoms with Gasteiger partial charge in [-0.3, -0.25) is 4.99 Å². The standard InChI is InChI=1S/C23H23FN4O2/c1-5-20(25)18(10-7-15-8-12-21(26-3)28-14-15)22(27-6-2)16-9-11-17(19(24)13-16)23(29)30-4/h6,8-9,11-14H,2,5,25H2,1,3-4H3,(H,26,28)/b20-18-,27-22?. The molecular formula is C23H23FN4O2. The Labute approximate surface area is 175 Å². The molecule has 0 amide bonds. The Morgan fingerprint density at radius 3 is 2.70 bits per heavy atom. The van der Waals surface area contributed by atoms with Gasteiger partial charge in [0.2, 0.25) is 0 Å².